The lowest BCUT2D eigenvalue weighted by molar-refractivity contribution is 0.292. The lowest BCUT2D eigenvalue weighted by Crippen LogP contribution is -2.23. The molecule has 17 heavy (non-hydrogen) atoms. The first kappa shape index (κ1) is 13.9. The normalized spacial score (nSPS) is 11.2. The van der Waals surface area contributed by atoms with Crippen LogP contribution in [0.1, 0.15) is 12.1 Å². The fourth-order valence-corrected chi connectivity index (χ4v) is 1.67. The van der Waals surface area contributed by atoms with Gasteiger partial charge in [-0.15, -0.1) is 0 Å². The standard InChI is InChI=1S/C12H23N5/c1-16(2)7-4-8-17(3)10-12-9-11(15-13)5-6-14-12/h5-6,9H,4,7-8,10,13H2,1-3H3,(H,14,15). The Morgan fingerprint density at radius 2 is 2.06 bits per heavy atom. The molecule has 3 N–H and O–H groups in total. The summed E-state index contributed by atoms with van der Waals surface area (Å²) in [5, 5.41) is 0. The highest BCUT2D eigenvalue weighted by molar-refractivity contribution is 5.41. The van der Waals surface area contributed by atoms with Crippen molar-refractivity contribution in [3.05, 3.63) is 24.0 Å². The van der Waals surface area contributed by atoms with Crippen LogP contribution in [0.25, 0.3) is 0 Å². The van der Waals surface area contributed by atoms with Crippen molar-refractivity contribution in [1.29, 1.82) is 0 Å². The maximum absolute atomic E-state index is 5.37. The molecule has 1 aromatic heterocycles. The number of anilines is 1. The third-order valence-corrected chi connectivity index (χ3v) is 2.56. The SMILES string of the molecule is CN(C)CCCN(C)Cc1cc(NN)ccn1. The van der Waals surface area contributed by atoms with Crippen molar-refractivity contribution in [2.45, 2.75) is 13.0 Å². The number of rotatable bonds is 7. The number of pyridine rings is 1. The first-order valence-electron chi connectivity index (χ1n) is 5.86. The van der Waals surface area contributed by atoms with E-state index >= 15 is 0 Å². The number of hydrogen-bond donors (Lipinski definition) is 2. The summed E-state index contributed by atoms with van der Waals surface area (Å²) in [4.78, 5) is 8.79. The minimum atomic E-state index is 0.850. The molecule has 0 spiro atoms. The number of aromatic nitrogens is 1. The van der Waals surface area contributed by atoms with Crippen LogP contribution in [0.15, 0.2) is 18.3 Å². The van der Waals surface area contributed by atoms with Gasteiger partial charge < -0.3 is 15.2 Å². The Kier molecular flexibility index (Phi) is 5.90. The first-order valence-corrected chi connectivity index (χ1v) is 5.86. The zero-order valence-corrected chi connectivity index (χ0v) is 11.0. The highest BCUT2D eigenvalue weighted by Gasteiger charge is 2.02. The molecule has 0 atom stereocenters. The molecule has 5 heteroatoms. The van der Waals surface area contributed by atoms with Crippen molar-refractivity contribution in [3.63, 3.8) is 0 Å². The van der Waals surface area contributed by atoms with Crippen LogP contribution in [0.5, 0.6) is 0 Å². The van der Waals surface area contributed by atoms with Gasteiger partial charge in [0.05, 0.1) is 11.4 Å². The monoisotopic (exact) mass is 237 g/mol. The van der Waals surface area contributed by atoms with Crippen LogP contribution in [0.2, 0.25) is 0 Å². The smallest absolute Gasteiger partial charge is 0.0564 e. The van der Waals surface area contributed by atoms with Crippen molar-refractivity contribution in [3.8, 4) is 0 Å². The number of hydrogen-bond acceptors (Lipinski definition) is 5. The molecular formula is C12H23N5. The Bertz CT molecular complexity index is 326. The zero-order chi connectivity index (χ0) is 12.7. The fraction of sp³-hybridized carbons (Fsp3) is 0.583. The summed E-state index contributed by atoms with van der Waals surface area (Å²) in [6, 6.07) is 3.83. The van der Waals surface area contributed by atoms with Crippen molar-refractivity contribution >= 4 is 5.69 Å². The van der Waals surface area contributed by atoms with Crippen LogP contribution < -0.4 is 11.3 Å². The molecule has 1 rings (SSSR count). The molecule has 0 aliphatic rings. The summed E-state index contributed by atoms with van der Waals surface area (Å²) in [7, 11) is 6.30. The van der Waals surface area contributed by atoms with Gasteiger partial charge in [-0.2, -0.15) is 0 Å². The van der Waals surface area contributed by atoms with Gasteiger partial charge in [0.25, 0.3) is 0 Å². The average molecular weight is 237 g/mol. The maximum atomic E-state index is 5.37. The van der Waals surface area contributed by atoms with Gasteiger partial charge in [-0.3, -0.25) is 10.8 Å². The molecule has 0 saturated heterocycles. The molecule has 0 aromatic carbocycles. The van der Waals surface area contributed by atoms with Gasteiger partial charge in [0.15, 0.2) is 0 Å². The fourth-order valence-electron chi connectivity index (χ4n) is 1.67. The molecule has 0 fully saturated rings. The zero-order valence-electron chi connectivity index (χ0n) is 11.0. The number of nitrogens with one attached hydrogen (secondary N) is 1. The first-order chi connectivity index (χ1) is 8.11. The molecule has 0 amide bonds. The van der Waals surface area contributed by atoms with E-state index in [0.717, 1.165) is 31.0 Å². The van der Waals surface area contributed by atoms with Crippen LogP contribution in [-0.4, -0.2) is 49.0 Å². The second-order valence-corrected chi connectivity index (χ2v) is 4.57. The van der Waals surface area contributed by atoms with E-state index in [4.69, 9.17) is 5.84 Å². The predicted molar refractivity (Wildman–Crippen MR) is 71.6 cm³/mol. The number of nitrogens with zero attached hydrogens (tertiary/aromatic N) is 3. The molecule has 0 bridgehead atoms. The van der Waals surface area contributed by atoms with Crippen molar-refractivity contribution in [1.82, 2.24) is 14.8 Å². The Morgan fingerprint density at radius 1 is 1.29 bits per heavy atom. The largest absolute Gasteiger partial charge is 0.324 e. The van der Waals surface area contributed by atoms with E-state index in [2.05, 4.69) is 41.4 Å². The minimum absolute atomic E-state index is 0.850. The summed E-state index contributed by atoms with van der Waals surface area (Å²) in [6.45, 7) is 3.03. The van der Waals surface area contributed by atoms with Crippen LogP contribution >= 0.6 is 0 Å². The van der Waals surface area contributed by atoms with E-state index in [1.54, 1.807) is 6.20 Å². The van der Waals surface area contributed by atoms with E-state index in [1.165, 1.54) is 6.42 Å². The van der Waals surface area contributed by atoms with E-state index in [1.807, 2.05) is 12.1 Å². The second kappa shape index (κ2) is 7.21. The molecule has 1 heterocycles. The molecule has 0 saturated carbocycles. The molecule has 0 aliphatic heterocycles. The predicted octanol–water partition coefficient (Wildman–Crippen LogP) is 0.751. The van der Waals surface area contributed by atoms with Gasteiger partial charge in [0.1, 0.15) is 0 Å². The summed E-state index contributed by atoms with van der Waals surface area (Å²) >= 11 is 0. The van der Waals surface area contributed by atoms with Gasteiger partial charge in [-0.25, -0.2) is 0 Å². The highest BCUT2D eigenvalue weighted by Crippen LogP contribution is 2.07. The average Bonchev–Trinajstić information content (AvgIpc) is 2.28. The molecular weight excluding hydrogens is 214 g/mol. The lowest BCUT2D eigenvalue weighted by Gasteiger charge is -2.17. The van der Waals surface area contributed by atoms with Gasteiger partial charge in [0.2, 0.25) is 0 Å². The molecule has 96 valence electrons. The van der Waals surface area contributed by atoms with Gasteiger partial charge >= 0.3 is 0 Å². The molecule has 0 radical (unpaired) electrons. The van der Waals surface area contributed by atoms with E-state index in [0.29, 0.717) is 0 Å². The minimum Gasteiger partial charge on any atom is -0.324 e. The Morgan fingerprint density at radius 3 is 2.71 bits per heavy atom. The molecule has 0 unspecified atom stereocenters. The molecule has 0 aliphatic carbocycles. The van der Waals surface area contributed by atoms with E-state index in [-0.39, 0.29) is 0 Å². The summed E-state index contributed by atoms with van der Waals surface area (Å²) in [6.07, 6.45) is 2.94. The number of hydrazine groups is 1. The topological polar surface area (TPSA) is 57.4 Å². The Labute approximate surface area is 104 Å². The van der Waals surface area contributed by atoms with Gasteiger partial charge in [-0.05, 0) is 52.8 Å². The highest BCUT2D eigenvalue weighted by atomic mass is 15.2. The van der Waals surface area contributed by atoms with Crippen molar-refractivity contribution in [2.75, 3.05) is 39.7 Å². The third kappa shape index (κ3) is 5.63. The lowest BCUT2D eigenvalue weighted by atomic mass is 10.3. The van der Waals surface area contributed by atoms with Crippen LogP contribution in [0, 0.1) is 0 Å². The van der Waals surface area contributed by atoms with E-state index in [9.17, 15) is 0 Å². The quantitative estimate of drug-likeness (QED) is 0.541. The second-order valence-electron chi connectivity index (χ2n) is 4.57. The number of nitrogen functional groups attached to an aromatic ring is 1. The van der Waals surface area contributed by atoms with Gasteiger partial charge in [-0.1, -0.05) is 0 Å². The van der Waals surface area contributed by atoms with Crippen LogP contribution in [0.3, 0.4) is 0 Å². The van der Waals surface area contributed by atoms with Crippen LogP contribution in [-0.2, 0) is 6.54 Å². The Hall–Kier alpha value is -1.17. The summed E-state index contributed by atoms with van der Waals surface area (Å²) in [5.41, 5.74) is 4.57. The molecule has 1 aromatic rings. The third-order valence-electron chi connectivity index (χ3n) is 2.56. The van der Waals surface area contributed by atoms with Crippen molar-refractivity contribution in [2.24, 2.45) is 5.84 Å². The van der Waals surface area contributed by atoms with Crippen molar-refractivity contribution < 1.29 is 0 Å². The van der Waals surface area contributed by atoms with E-state index < -0.39 is 0 Å². The molecule has 5 nitrogen and oxygen atoms in total. The van der Waals surface area contributed by atoms with Crippen LogP contribution in [0.4, 0.5) is 5.69 Å². The van der Waals surface area contributed by atoms with Gasteiger partial charge in [0, 0.05) is 12.7 Å². The number of nitrogens with two attached hydrogens (primary N) is 1. The Balaban J connectivity index is 2.36. The maximum Gasteiger partial charge on any atom is 0.0564 e. The summed E-state index contributed by atoms with van der Waals surface area (Å²) < 4.78 is 0. The summed E-state index contributed by atoms with van der Waals surface area (Å²) in [5.74, 6) is 5.37.